The predicted molar refractivity (Wildman–Crippen MR) is 95.1 cm³/mol. The minimum atomic E-state index is -0.101. The summed E-state index contributed by atoms with van der Waals surface area (Å²) in [5.41, 5.74) is 0.934. The van der Waals surface area contributed by atoms with E-state index in [-0.39, 0.29) is 5.91 Å². The van der Waals surface area contributed by atoms with Crippen LogP contribution in [0, 0.1) is 0 Å². The van der Waals surface area contributed by atoms with Crippen molar-refractivity contribution in [2.24, 2.45) is 0 Å². The van der Waals surface area contributed by atoms with E-state index in [9.17, 15) is 4.79 Å². The van der Waals surface area contributed by atoms with E-state index in [0.29, 0.717) is 16.8 Å². The van der Waals surface area contributed by atoms with Crippen LogP contribution in [0.3, 0.4) is 0 Å². The van der Waals surface area contributed by atoms with E-state index in [2.05, 4.69) is 20.5 Å². The Hall–Kier alpha value is -1.99. The molecule has 1 N–H and O–H groups in total. The predicted octanol–water partition coefficient (Wildman–Crippen LogP) is 3.94. The summed E-state index contributed by atoms with van der Waals surface area (Å²) in [6, 6.07) is 11.9. The van der Waals surface area contributed by atoms with E-state index in [1.165, 1.54) is 23.1 Å². The molecule has 3 aromatic rings. The Morgan fingerprint density at radius 2 is 2.04 bits per heavy atom. The van der Waals surface area contributed by atoms with Crippen molar-refractivity contribution in [3.63, 3.8) is 0 Å². The number of hydrogen-bond acceptors (Lipinski definition) is 6. The van der Waals surface area contributed by atoms with Gasteiger partial charge in [-0.05, 0) is 12.1 Å². The van der Waals surface area contributed by atoms with E-state index in [1.54, 1.807) is 0 Å². The quantitative estimate of drug-likeness (QED) is 0.710. The molecule has 1 aromatic carbocycles. The molecule has 0 spiro atoms. The van der Waals surface area contributed by atoms with E-state index >= 15 is 0 Å². The minimum Gasteiger partial charge on any atom is -0.300 e. The zero-order valence-corrected chi connectivity index (χ0v) is 14.4. The molecular weight excluding hydrogens is 328 g/mol. The van der Waals surface area contributed by atoms with Crippen molar-refractivity contribution in [2.45, 2.75) is 24.8 Å². The van der Waals surface area contributed by atoms with Crippen molar-refractivity contribution in [1.29, 1.82) is 0 Å². The molecule has 2 heterocycles. The highest BCUT2D eigenvalue weighted by Gasteiger charge is 2.11. The van der Waals surface area contributed by atoms with Crippen LogP contribution in [0.4, 0.5) is 5.13 Å². The number of anilines is 1. The number of nitrogens with zero attached hydrogens (tertiary/aromatic N) is 3. The lowest BCUT2D eigenvalue weighted by Gasteiger charge is -2.03. The highest BCUT2D eigenvalue weighted by molar-refractivity contribution is 7.99. The van der Waals surface area contributed by atoms with Gasteiger partial charge in [0.25, 0.3) is 0 Å². The first-order valence-electron chi connectivity index (χ1n) is 7.23. The summed E-state index contributed by atoms with van der Waals surface area (Å²) in [4.78, 5) is 16.5. The minimum absolute atomic E-state index is 0.101. The number of amides is 1. The smallest absolute Gasteiger partial charge is 0.236 e. The molecule has 2 aromatic heterocycles. The van der Waals surface area contributed by atoms with Crippen LogP contribution < -0.4 is 5.32 Å². The fourth-order valence-electron chi connectivity index (χ4n) is 1.94. The SMILES string of the molecule is CC(C)c1nnc(NC(=O)CSc2ccc3ccccc3n2)s1. The molecule has 0 saturated heterocycles. The lowest BCUT2D eigenvalue weighted by atomic mass is 10.2. The Morgan fingerprint density at radius 3 is 2.83 bits per heavy atom. The molecule has 0 unspecified atom stereocenters. The van der Waals surface area contributed by atoms with Crippen LogP contribution in [0.1, 0.15) is 24.8 Å². The van der Waals surface area contributed by atoms with Crippen LogP contribution in [-0.4, -0.2) is 26.8 Å². The molecule has 1 amide bonds. The number of carbonyl (C=O) groups is 1. The molecule has 7 heteroatoms. The largest absolute Gasteiger partial charge is 0.300 e. The van der Waals surface area contributed by atoms with Gasteiger partial charge in [-0.2, -0.15) is 0 Å². The van der Waals surface area contributed by atoms with Crippen LogP contribution in [-0.2, 0) is 4.79 Å². The first kappa shape index (κ1) is 15.9. The molecule has 0 fully saturated rings. The standard InChI is InChI=1S/C16H16N4OS2/c1-10(2)15-19-20-16(23-15)18-13(21)9-22-14-8-7-11-5-3-4-6-12(11)17-14/h3-8,10H,9H2,1-2H3,(H,18,20,21). The first-order valence-corrected chi connectivity index (χ1v) is 9.04. The van der Waals surface area contributed by atoms with Crippen LogP contribution >= 0.6 is 23.1 Å². The Labute approximate surface area is 142 Å². The van der Waals surface area contributed by atoms with Crippen molar-refractivity contribution < 1.29 is 4.79 Å². The Morgan fingerprint density at radius 1 is 1.22 bits per heavy atom. The molecule has 0 aliphatic carbocycles. The molecular formula is C16H16N4OS2. The number of rotatable bonds is 5. The third-order valence-electron chi connectivity index (χ3n) is 3.10. The molecule has 0 atom stereocenters. The maximum Gasteiger partial charge on any atom is 0.236 e. The number of fused-ring (bicyclic) bond motifs is 1. The van der Waals surface area contributed by atoms with E-state index < -0.39 is 0 Å². The van der Waals surface area contributed by atoms with E-state index in [1.807, 2.05) is 50.2 Å². The van der Waals surface area contributed by atoms with Crippen molar-refractivity contribution in [3.8, 4) is 0 Å². The average Bonchev–Trinajstić information content (AvgIpc) is 3.01. The van der Waals surface area contributed by atoms with Gasteiger partial charge in [0.05, 0.1) is 16.3 Å². The monoisotopic (exact) mass is 344 g/mol. The fraction of sp³-hybridized carbons (Fsp3) is 0.250. The molecule has 0 saturated carbocycles. The van der Waals surface area contributed by atoms with E-state index in [0.717, 1.165) is 20.9 Å². The third kappa shape index (κ3) is 4.05. The van der Waals surface area contributed by atoms with Crippen molar-refractivity contribution in [1.82, 2.24) is 15.2 Å². The van der Waals surface area contributed by atoms with Gasteiger partial charge < -0.3 is 0 Å². The topological polar surface area (TPSA) is 67.8 Å². The van der Waals surface area contributed by atoms with Gasteiger partial charge in [-0.15, -0.1) is 10.2 Å². The fourth-order valence-corrected chi connectivity index (χ4v) is 3.38. The summed E-state index contributed by atoms with van der Waals surface area (Å²) in [5, 5.41) is 14.2. The van der Waals surface area contributed by atoms with Crippen molar-refractivity contribution in [3.05, 3.63) is 41.4 Å². The van der Waals surface area contributed by atoms with Crippen LogP contribution in [0.5, 0.6) is 0 Å². The molecule has 118 valence electrons. The number of aromatic nitrogens is 3. The summed E-state index contributed by atoms with van der Waals surface area (Å²) >= 11 is 2.82. The van der Waals surface area contributed by atoms with E-state index in [4.69, 9.17) is 0 Å². The van der Waals surface area contributed by atoms with Gasteiger partial charge in [0.2, 0.25) is 11.0 Å². The molecule has 3 rings (SSSR count). The molecule has 0 aliphatic heterocycles. The zero-order chi connectivity index (χ0) is 16.2. The van der Waals surface area contributed by atoms with Crippen LogP contribution in [0.25, 0.3) is 10.9 Å². The number of benzene rings is 1. The second kappa shape index (κ2) is 7.06. The first-order chi connectivity index (χ1) is 11.1. The number of thioether (sulfide) groups is 1. The number of nitrogens with one attached hydrogen (secondary N) is 1. The second-order valence-electron chi connectivity index (χ2n) is 5.28. The molecule has 0 bridgehead atoms. The Bertz CT molecular complexity index is 832. The summed E-state index contributed by atoms with van der Waals surface area (Å²) in [6.07, 6.45) is 0. The number of hydrogen-bond donors (Lipinski definition) is 1. The van der Waals surface area contributed by atoms with Gasteiger partial charge in [-0.3, -0.25) is 10.1 Å². The lowest BCUT2D eigenvalue weighted by Crippen LogP contribution is -2.13. The number of pyridine rings is 1. The Kier molecular flexibility index (Phi) is 4.88. The van der Waals surface area contributed by atoms with Crippen molar-refractivity contribution in [2.75, 3.05) is 11.1 Å². The molecule has 5 nitrogen and oxygen atoms in total. The highest BCUT2D eigenvalue weighted by Crippen LogP contribution is 2.23. The third-order valence-corrected chi connectivity index (χ3v) is 5.17. The summed E-state index contributed by atoms with van der Waals surface area (Å²) in [5.74, 6) is 0.507. The highest BCUT2D eigenvalue weighted by atomic mass is 32.2. The lowest BCUT2D eigenvalue weighted by molar-refractivity contribution is -0.113. The normalized spacial score (nSPS) is 11.1. The maximum absolute atomic E-state index is 12.0. The maximum atomic E-state index is 12.0. The Balaban J connectivity index is 1.59. The summed E-state index contributed by atoms with van der Waals surface area (Å²) in [6.45, 7) is 4.10. The van der Waals surface area contributed by atoms with Crippen molar-refractivity contribution >= 4 is 45.0 Å². The van der Waals surface area contributed by atoms with Crippen LogP contribution in [0.15, 0.2) is 41.4 Å². The van der Waals surface area contributed by atoms with Gasteiger partial charge in [-0.1, -0.05) is 61.2 Å². The summed E-state index contributed by atoms with van der Waals surface area (Å²) < 4.78 is 0. The second-order valence-corrected chi connectivity index (χ2v) is 7.28. The number of carbonyl (C=O) groups excluding carboxylic acids is 1. The molecule has 0 aliphatic rings. The molecule has 23 heavy (non-hydrogen) atoms. The average molecular weight is 344 g/mol. The van der Waals surface area contributed by atoms with Gasteiger partial charge in [-0.25, -0.2) is 4.98 Å². The van der Waals surface area contributed by atoms with Crippen LogP contribution in [0.2, 0.25) is 0 Å². The number of para-hydroxylation sites is 1. The van der Waals surface area contributed by atoms with Gasteiger partial charge in [0.15, 0.2) is 0 Å². The molecule has 0 radical (unpaired) electrons. The zero-order valence-electron chi connectivity index (χ0n) is 12.8. The van der Waals surface area contributed by atoms with Gasteiger partial charge >= 0.3 is 0 Å². The van der Waals surface area contributed by atoms with Gasteiger partial charge in [0.1, 0.15) is 5.01 Å². The summed E-state index contributed by atoms with van der Waals surface area (Å²) in [7, 11) is 0. The van der Waals surface area contributed by atoms with Gasteiger partial charge in [0, 0.05) is 11.3 Å².